The summed E-state index contributed by atoms with van der Waals surface area (Å²) in [6.07, 6.45) is 0. The van der Waals surface area contributed by atoms with Gasteiger partial charge in [0.05, 0.1) is 21.6 Å². The van der Waals surface area contributed by atoms with Gasteiger partial charge in [0.2, 0.25) is 5.78 Å². The Balaban J connectivity index is 2.08. The SMILES string of the molecule is Cc1nc(C(=O)COc2ccc(Cl)cc2Cl)sc1C(=O)[O-]. The molecule has 0 saturated carbocycles. The number of rotatable bonds is 5. The van der Waals surface area contributed by atoms with Gasteiger partial charge in [-0.1, -0.05) is 23.2 Å². The maximum Gasteiger partial charge on any atom is 0.228 e. The van der Waals surface area contributed by atoms with Crippen molar-refractivity contribution in [2.75, 3.05) is 6.61 Å². The van der Waals surface area contributed by atoms with E-state index in [1.807, 2.05) is 0 Å². The molecule has 0 amide bonds. The standard InChI is InChI=1S/C13H9Cl2NO4S/c1-6-11(13(18)19)21-12(16-6)9(17)5-20-10-3-2-7(14)4-8(10)15/h2-4H,5H2,1H3,(H,18,19)/p-1. The van der Waals surface area contributed by atoms with Crippen molar-refractivity contribution in [2.24, 2.45) is 0 Å². The summed E-state index contributed by atoms with van der Waals surface area (Å²) in [4.78, 5) is 26.6. The highest BCUT2D eigenvalue weighted by Crippen LogP contribution is 2.27. The monoisotopic (exact) mass is 344 g/mol. The van der Waals surface area contributed by atoms with Crippen LogP contribution in [-0.2, 0) is 0 Å². The van der Waals surface area contributed by atoms with Crippen LogP contribution in [0.4, 0.5) is 0 Å². The number of carbonyl (C=O) groups is 2. The summed E-state index contributed by atoms with van der Waals surface area (Å²) >= 11 is 12.4. The maximum absolute atomic E-state index is 11.9. The molecule has 5 nitrogen and oxygen atoms in total. The largest absolute Gasteiger partial charge is 0.544 e. The quantitative estimate of drug-likeness (QED) is 0.778. The first-order valence-corrected chi connectivity index (χ1v) is 7.25. The summed E-state index contributed by atoms with van der Waals surface area (Å²) in [5.74, 6) is -1.49. The van der Waals surface area contributed by atoms with Crippen LogP contribution in [0.25, 0.3) is 0 Å². The molecular formula is C13H8Cl2NO4S-. The second kappa shape index (κ2) is 6.43. The van der Waals surface area contributed by atoms with Crippen molar-refractivity contribution in [1.29, 1.82) is 0 Å². The average Bonchev–Trinajstić information content (AvgIpc) is 2.80. The van der Waals surface area contributed by atoms with Gasteiger partial charge in [0.25, 0.3) is 0 Å². The summed E-state index contributed by atoms with van der Waals surface area (Å²) in [5, 5.41) is 11.6. The molecule has 21 heavy (non-hydrogen) atoms. The Bertz CT molecular complexity index is 714. The zero-order valence-corrected chi connectivity index (χ0v) is 13.0. The van der Waals surface area contributed by atoms with Gasteiger partial charge in [0.15, 0.2) is 11.6 Å². The van der Waals surface area contributed by atoms with Crippen molar-refractivity contribution in [3.63, 3.8) is 0 Å². The Morgan fingerprint density at radius 3 is 2.67 bits per heavy atom. The van der Waals surface area contributed by atoms with Crippen molar-refractivity contribution < 1.29 is 19.4 Å². The third-order valence-electron chi connectivity index (χ3n) is 2.47. The number of carbonyl (C=O) groups excluding carboxylic acids is 2. The summed E-state index contributed by atoms with van der Waals surface area (Å²) in [6, 6.07) is 4.61. The molecule has 110 valence electrons. The number of carboxylic acid groups (broad SMARTS) is 1. The van der Waals surface area contributed by atoms with Crippen molar-refractivity contribution in [1.82, 2.24) is 4.98 Å². The molecule has 0 atom stereocenters. The highest BCUT2D eigenvalue weighted by Gasteiger charge is 2.16. The lowest BCUT2D eigenvalue weighted by Crippen LogP contribution is -2.21. The van der Waals surface area contributed by atoms with Crippen LogP contribution in [0.5, 0.6) is 5.75 Å². The van der Waals surface area contributed by atoms with E-state index < -0.39 is 11.8 Å². The van der Waals surface area contributed by atoms with Crippen LogP contribution in [-0.4, -0.2) is 23.3 Å². The Morgan fingerprint density at radius 2 is 2.10 bits per heavy atom. The fraction of sp³-hybridized carbons (Fsp3) is 0.154. The minimum Gasteiger partial charge on any atom is -0.544 e. The molecule has 0 bridgehead atoms. The minimum atomic E-state index is -1.36. The zero-order chi connectivity index (χ0) is 15.6. The molecule has 0 spiro atoms. The van der Waals surface area contributed by atoms with Crippen LogP contribution in [0.3, 0.4) is 0 Å². The molecule has 0 saturated heterocycles. The Kier molecular flexibility index (Phi) is 4.82. The maximum atomic E-state index is 11.9. The molecular weight excluding hydrogens is 337 g/mol. The van der Waals surface area contributed by atoms with Gasteiger partial charge in [-0.2, -0.15) is 0 Å². The summed E-state index contributed by atoms with van der Waals surface area (Å²) in [6.45, 7) is 1.19. The first-order valence-electron chi connectivity index (χ1n) is 5.68. The van der Waals surface area contributed by atoms with Gasteiger partial charge < -0.3 is 14.6 Å². The predicted molar refractivity (Wildman–Crippen MR) is 77.5 cm³/mol. The molecule has 0 fully saturated rings. The fourth-order valence-corrected chi connectivity index (χ4v) is 2.79. The summed E-state index contributed by atoms with van der Waals surface area (Å²) in [5.41, 5.74) is 0.243. The number of ketones is 1. The molecule has 2 aromatic rings. The molecule has 0 N–H and O–H groups in total. The van der Waals surface area contributed by atoms with E-state index >= 15 is 0 Å². The molecule has 0 aliphatic rings. The molecule has 1 heterocycles. The third-order valence-corrected chi connectivity index (χ3v) is 4.18. The Labute approximate surface area is 134 Å². The normalized spacial score (nSPS) is 10.4. The molecule has 8 heteroatoms. The molecule has 0 aliphatic heterocycles. The molecule has 1 aromatic carbocycles. The number of aromatic nitrogens is 1. The van der Waals surface area contributed by atoms with E-state index in [1.54, 1.807) is 6.07 Å². The second-order valence-electron chi connectivity index (χ2n) is 4.01. The van der Waals surface area contributed by atoms with E-state index in [4.69, 9.17) is 27.9 Å². The van der Waals surface area contributed by atoms with Crippen LogP contribution in [0.2, 0.25) is 10.0 Å². The number of ether oxygens (including phenoxy) is 1. The fourth-order valence-electron chi connectivity index (χ4n) is 1.50. The number of hydrogen-bond donors (Lipinski definition) is 0. The van der Waals surface area contributed by atoms with Gasteiger partial charge in [0, 0.05) is 5.02 Å². The van der Waals surface area contributed by atoms with Gasteiger partial charge in [-0.3, -0.25) is 4.79 Å². The molecule has 0 unspecified atom stereocenters. The lowest BCUT2D eigenvalue weighted by Gasteiger charge is -2.06. The Morgan fingerprint density at radius 1 is 1.38 bits per heavy atom. The number of aromatic carboxylic acids is 1. The summed E-state index contributed by atoms with van der Waals surface area (Å²) in [7, 11) is 0. The number of carboxylic acids is 1. The lowest BCUT2D eigenvalue weighted by molar-refractivity contribution is -0.254. The topological polar surface area (TPSA) is 79.3 Å². The van der Waals surface area contributed by atoms with Gasteiger partial charge in [0.1, 0.15) is 5.75 Å². The molecule has 1 aromatic heterocycles. The van der Waals surface area contributed by atoms with Crippen molar-refractivity contribution >= 4 is 46.3 Å². The third kappa shape index (κ3) is 3.72. The van der Waals surface area contributed by atoms with Gasteiger partial charge in [-0.15, -0.1) is 11.3 Å². The van der Waals surface area contributed by atoms with Crippen molar-refractivity contribution in [3.05, 3.63) is 43.8 Å². The number of thiazole rings is 1. The highest BCUT2D eigenvalue weighted by atomic mass is 35.5. The van der Waals surface area contributed by atoms with E-state index in [-0.39, 0.29) is 27.2 Å². The van der Waals surface area contributed by atoms with Crippen LogP contribution in [0.1, 0.15) is 25.2 Å². The van der Waals surface area contributed by atoms with E-state index in [0.717, 1.165) is 11.3 Å². The van der Waals surface area contributed by atoms with Crippen LogP contribution < -0.4 is 9.84 Å². The van der Waals surface area contributed by atoms with E-state index in [0.29, 0.717) is 10.8 Å². The number of hydrogen-bond acceptors (Lipinski definition) is 6. The number of nitrogens with zero attached hydrogens (tertiary/aromatic N) is 1. The smallest absolute Gasteiger partial charge is 0.228 e. The average molecular weight is 345 g/mol. The van der Waals surface area contributed by atoms with E-state index in [1.165, 1.54) is 19.1 Å². The van der Waals surface area contributed by atoms with Gasteiger partial charge in [-0.05, 0) is 25.1 Å². The van der Waals surface area contributed by atoms with E-state index in [9.17, 15) is 14.7 Å². The van der Waals surface area contributed by atoms with Crippen LogP contribution in [0.15, 0.2) is 18.2 Å². The second-order valence-corrected chi connectivity index (χ2v) is 5.85. The number of halogens is 2. The molecule has 0 radical (unpaired) electrons. The Hall–Kier alpha value is -1.63. The predicted octanol–water partition coefficient (Wildman–Crippen LogP) is 2.38. The molecule has 2 rings (SSSR count). The number of benzene rings is 1. The van der Waals surface area contributed by atoms with Crippen molar-refractivity contribution in [2.45, 2.75) is 6.92 Å². The van der Waals surface area contributed by atoms with Crippen LogP contribution >= 0.6 is 34.5 Å². The molecule has 0 aliphatic carbocycles. The van der Waals surface area contributed by atoms with Crippen molar-refractivity contribution in [3.8, 4) is 5.75 Å². The summed E-state index contributed by atoms with van der Waals surface area (Å²) < 4.78 is 5.28. The minimum absolute atomic E-state index is 0.0526. The zero-order valence-electron chi connectivity index (χ0n) is 10.7. The van der Waals surface area contributed by atoms with Crippen LogP contribution in [0, 0.1) is 6.92 Å². The highest BCUT2D eigenvalue weighted by molar-refractivity contribution is 7.15. The van der Waals surface area contributed by atoms with Gasteiger partial charge >= 0.3 is 0 Å². The lowest BCUT2D eigenvalue weighted by atomic mass is 10.3. The van der Waals surface area contributed by atoms with Gasteiger partial charge in [-0.25, -0.2) is 4.98 Å². The first kappa shape index (κ1) is 15.8. The first-order chi connectivity index (χ1) is 9.88. The number of aryl methyl sites for hydroxylation is 1. The number of Topliss-reactive ketones (excluding diaryl/α,β-unsaturated/α-hetero) is 1. The van der Waals surface area contributed by atoms with E-state index in [2.05, 4.69) is 4.98 Å².